The van der Waals surface area contributed by atoms with Gasteiger partial charge in [-0.15, -0.1) is 24.7 Å². The highest BCUT2D eigenvalue weighted by atomic mass is 19.1. The van der Waals surface area contributed by atoms with Crippen LogP contribution < -0.4 is 15.1 Å². The molecule has 2 aliphatic rings. The van der Waals surface area contributed by atoms with Crippen LogP contribution in [0.2, 0.25) is 0 Å². The number of nitrogens with zero attached hydrogens (tertiary/aromatic N) is 3. The van der Waals surface area contributed by atoms with Crippen molar-refractivity contribution in [1.82, 2.24) is 9.47 Å². The first-order valence-electron chi connectivity index (χ1n) is 13.0. The average Bonchev–Trinajstić information content (AvgIpc) is 2.91. The molecule has 11 heteroatoms. The van der Waals surface area contributed by atoms with E-state index >= 15 is 4.39 Å². The average molecular weight is 554 g/mol. The second kappa shape index (κ2) is 12.3. The molecule has 0 saturated carbocycles. The van der Waals surface area contributed by atoms with E-state index in [2.05, 4.69) is 16.7 Å². The number of anilines is 1. The molecule has 1 aromatic carbocycles. The maximum absolute atomic E-state index is 15.5. The van der Waals surface area contributed by atoms with Crippen molar-refractivity contribution >= 4 is 28.7 Å². The molecular formula is C29H32FN3O7. The summed E-state index contributed by atoms with van der Waals surface area (Å²) in [4.78, 5) is 42.5. The maximum atomic E-state index is 15.5. The zero-order valence-electron chi connectivity index (χ0n) is 22.8. The van der Waals surface area contributed by atoms with E-state index in [0.29, 0.717) is 37.1 Å². The number of hydrogen-bond donors (Lipinski definition) is 0. The van der Waals surface area contributed by atoms with E-state index in [1.807, 2.05) is 18.9 Å². The fraction of sp³-hybridized carbons (Fsp3) is 0.483. The highest BCUT2D eigenvalue weighted by Gasteiger charge is 2.32. The SMILES string of the molecule is C#CCC(CC#C)COC(=O)OC(C)OC(=O)c1cn2c3c(c(N4CCN(C)CC4)c(F)cc3c1=O)OCC2C. The second-order valence-electron chi connectivity index (χ2n) is 10.00. The Morgan fingerprint density at radius 3 is 2.50 bits per heavy atom. The summed E-state index contributed by atoms with van der Waals surface area (Å²) in [5.74, 6) is 3.33. The molecule has 0 amide bonds. The molecule has 0 N–H and O–H groups in total. The minimum absolute atomic E-state index is 0.00701. The molecule has 0 aliphatic carbocycles. The number of rotatable bonds is 8. The summed E-state index contributed by atoms with van der Waals surface area (Å²) in [6.07, 6.45) is 10.1. The Hall–Kier alpha value is -4.22. The monoisotopic (exact) mass is 553 g/mol. The van der Waals surface area contributed by atoms with Gasteiger partial charge >= 0.3 is 12.1 Å². The standard InChI is InChI=1S/C29H32FN3O7/c1-6-8-20(9-7-2)17-38-29(36)40-19(4)39-28(35)22-15-33-18(3)16-37-27-24(33)21(26(22)34)14-23(30)25(27)32-12-10-31(5)11-13-32/h1-2,14-15,18-20H,8-13,16-17H2,3-5H3. The van der Waals surface area contributed by atoms with E-state index in [9.17, 15) is 14.4 Å². The molecule has 2 aromatic rings. The number of pyridine rings is 1. The van der Waals surface area contributed by atoms with Crippen molar-refractivity contribution < 1.29 is 32.9 Å². The van der Waals surface area contributed by atoms with Crippen LogP contribution in [-0.4, -0.2) is 74.3 Å². The molecule has 4 rings (SSSR count). The van der Waals surface area contributed by atoms with Crippen LogP contribution >= 0.6 is 0 Å². The Balaban J connectivity index is 1.56. The fourth-order valence-corrected chi connectivity index (χ4v) is 4.80. The van der Waals surface area contributed by atoms with Crippen LogP contribution in [0.3, 0.4) is 0 Å². The van der Waals surface area contributed by atoms with Gasteiger partial charge in [0, 0.05) is 58.1 Å². The van der Waals surface area contributed by atoms with Gasteiger partial charge in [0.05, 0.1) is 23.6 Å². The van der Waals surface area contributed by atoms with Gasteiger partial charge in [-0.3, -0.25) is 4.79 Å². The van der Waals surface area contributed by atoms with Crippen LogP contribution in [0.4, 0.5) is 14.9 Å². The Morgan fingerprint density at radius 2 is 1.85 bits per heavy atom. The summed E-state index contributed by atoms with van der Waals surface area (Å²) in [5, 5.41) is -0.00701. The van der Waals surface area contributed by atoms with Crippen LogP contribution in [0.25, 0.3) is 10.9 Å². The number of carbonyl (C=O) groups excluding carboxylic acids is 2. The first-order chi connectivity index (χ1) is 19.1. The van der Waals surface area contributed by atoms with E-state index in [-0.39, 0.29) is 41.9 Å². The number of benzene rings is 1. The predicted molar refractivity (Wildman–Crippen MR) is 146 cm³/mol. The molecule has 10 nitrogen and oxygen atoms in total. The molecule has 1 fully saturated rings. The third-order valence-electron chi connectivity index (χ3n) is 6.97. The largest absolute Gasteiger partial charge is 0.511 e. The molecule has 3 heterocycles. The number of halogens is 1. The van der Waals surface area contributed by atoms with Crippen molar-refractivity contribution in [2.75, 3.05) is 51.3 Å². The first kappa shape index (κ1) is 28.8. The summed E-state index contributed by atoms with van der Waals surface area (Å²) < 4.78 is 38.4. The summed E-state index contributed by atoms with van der Waals surface area (Å²) in [7, 11) is 2.00. The minimum atomic E-state index is -1.37. The van der Waals surface area contributed by atoms with Crippen LogP contribution in [0.5, 0.6) is 5.75 Å². The normalized spacial score (nSPS) is 17.5. The molecule has 1 aromatic heterocycles. The van der Waals surface area contributed by atoms with Gasteiger partial charge < -0.3 is 33.3 Å². The van der Waals surface area contributed by atoms with Crippen molar-refractivity contribution in [2.45, 2.75) is 39.0 Å². The van der Waals surface area contributed by atoms with Gasteiger partial charge in [0.15, 0.2) is 11.6 Å². The van der Waals surface area contributed by atoms with E-state index in [1.54, 1.807) is 4.57 Å². The number of esters is 1. The summed E-state index contributed by atoms with van der Waals surface area (Å²) in [6, 6.07) is 0.888. The summed E-state index contributed by atoms with van der Waals surface area (Å²) >= 11 is 0. The van der Waals surface area contributed by atoms with Gasteiger partial charge in [-0.05, 0) is 20.0 Å². The van der Waals surface area contributed by atoms with Crippen LogP contribution in [0, 0.1) is 36.4 Å². The number of carbonyl (C=O) groups is 2. The van der Waals surface area contributed by atoms with Gasteiger partial charge in [-0.25, -0.2) is 14.0 Å². The first-order valence-corrected chi connectivity index (χ1v) is 13.0. The quantitative estimate of drug-likeness (QED) is 0.277. The van der Waals surface area contributed by atoms with Gasteiger partial charge in [-0.1, -0.05) is 0 Å². The van der Waals surface area contributed by atoms with Crippen LogP contribution in [0.1, 0.15) is 43.1 Å². The lowest BCUT2D eigenvalue weighted by atomic mass is 10.0. The highest BCUT2D eigenvalue weighted by molar-refractivity contribution is 5.98. The number of ether oxygens (including phenoxy) is 4. The Morgan fingerprint density at radius 1 is 1.18 bits per heavy atom. The van der Waals surface area contributed by atoms with E-state index in [4.69, 9.17) is 31.8 Å². The van der Waals surface area contributed by atoms with Crippen molar-refractivity contribution in [2.24, 2.45) is 5.92 Å². The predicted octanol–water partition coefficient (Wildman–Crippen LogP) is 3.16. The third kappa shape index (κ3) is 6.00. The maximum Gasteiger partial charge on any atom is 0.511 e. The molecule has 2 atom stereocenters. The van der Waals surface area contributed by atoms with Crippen molar-refractivity contribution in [3.8, 4) is 30.4 Å². The molecule has 2 aliphatic heterocycles. The minimum Gasteiger partial charge on any atom is -0.487 e. The number of hydrogen-bond acceptors (Lipinski definition) is 9. The van der Waals surface area contributed by atoms with Crippen molar-refractivity contribution in [3.63, 3.8) is 0 Å². The highest BCUT2D eigenvalue weighted by Crippen LogP contribution is 2.42. The van der Waals surface area contributed by atoms with E-state index in [0.717, 1.165) is 19.2 Å². The fourth-order valence-electron chi connectivity index (χ4n) is 4.80. The lowest BCUT2D eigenvalue weighted by Gasteiger charge is -2.37. The van der Waals surface area contributed by atoms with E-state index < -0.39 is 29.7 Å². The Bertz CT molecular complexity index is 1420. The van der Waals surface area contributed by atoms with Crippen molar-refractivity contribution in [1.29, 1.82) is 0 Å². The molecule has 2 unspecified atom stereocenters. The van der Waals surface area contributed by atoms with Gasteiger partial charge in [0.25, 0.3) is 0 Å². The van der Waals surface area contributed by atoms with Crippen LogP contribution in [0.15, 0.2) is 17.1 Å². The van der Waals surface area contributed by atoms with Crippen molar-refractivity contribution in [3.05, 3.63) is 33.9 Å². The van der Waals surface area contributed by atoms with Crippen LogP contribution in [-0.2, 0) is 14.2 Å². The molecule has 0 bridgehead atoms. The molecule has 40 heavy (non-hydrogen) atoms. The number of piperazine rings is 1. The molecule has 0 spiro atoms. The molecule has 212 valence electrons. The summed E-state index contributed by atoms with van der Waals surface area (Å²) in [6.45, 7) is 6.05. The smallest absolute Gasteiger partial charge is 0.487 e. The topological polar surface area (TPSA) is 99.5 Å². The number of likely N-dealkylation sites (N-methyl/N-ethyl adjacent to an activating group) is 1. The Labute approximate surface area is 231 Å². The Kier molecular flexibility index (Phi) is 8.86. The molecule has 1 saturated heterocycles. The third-order valence-corrected chi connectivity index (χ3v) is 6.97. The lowest BCUT2D eigenvalue weighted by molar-refractivity contribution is -0.0838. The molecular weight excluding hydrogens is 521 g/mol. The second-order valence-corrected chi connectivity index (χ2v) is 10.00. The zero-order chi connectivity index (χ0) is 29.0. The van der Waals surface area contributed by atoms with Gasteiger partial charge in [0.2, 0.25) is 11.7 Å². The van der Waals surface area contributed by atoms with Gasteiger partial charge in [-0.2, -0.15) is 0 Å². The number of aromatic nitrogens is 1. The molecule has 0 radical (unpaired) electrons. The number of terminal acetylenes is 2. The zero-order valence-corrected chi connectivity index (χ0v) is 22.8. The summed E-state index contributed by atoms with van der Waals surface area (Å²) in [5.41, 5.74) is -0.327. The van der Waals surface area contributed by atoms with E-state index in [1.165, 1.54) is 13.1 Å². The lowest BCUT2D eigenvalue weighted by Crippen LogP contribution is -2.45. The van der Waals surface area contributed by atoms with Gasteiger partial charge in [0.1, 0.15) is 17.9 Å².